The summed E-state index contributed by atoms with van der Waals surface area (Å²) < 4.78 is 10.2. The Morgan fingerprint density at radius 2 is 1.74 bits per heavy atom. The molecule has 0 aliphatic carbocycles. The standard InChI is InChI=1S/C14H20O4S/c15-11-7-2-1-3-8-12-17-14(16)19-18-13-9-5-4-6-10-13/h4-6,9-10,15H,1-3,7-8,11-12H2. The molecule has 0 unspecified atom stereocenters. The maximum absolute atomic E-state index is 11.3. The average molecular weight is 284 g/mol. The van der Waals surface area contributed by atoms with E-state index in [4.69, 9.17) is 14.0 Å². The summed E-state index contributed by atoms with van der Waals surface area (Å²) in [5.74, 6) is 0.633. The molecule has 0 aliphatic rings. The second-order valence-electron chi connectivity index (χ2n) is 4.07. The van der Waals surface area contributed by atoms with Crippen molar-refractivity contribution in [2.75, 3.05) is 13.2 Å². The number of hydrogen-bond donors (Lipinski definition) is 1. The average Bonchev–Trinajstić information content (AvgIpc) is 2.45. The van der Waals surface area contributed by atoms with Crippen molar-refractivity contribution in [1.82, 2.24) is 0 Å². The Balaban J connectivity index is 1.96. The third kappa shape index (κ3) is 8.51. The van der Waals surface area contributed by atoms with Crippen LogP contribution in [0.1, 0.15) is 32.1 Å². The highest BCUT2D eigenvalue weighted by atomic mass is 32.2. The van der Waals surface area contributed by atoms with Gasteiger partial charge in [0.05, 0.1) is 6.61 Å². The second kappa shape index (κ2) is 10.7. The Kier molecular flexibility index (Phi) is 8.93. The second-order valence-corrected chi connectivity index (χ2v) is 4.74. The molecular formula is C14H20O4S. The molecular weight excluding hydrogens is 264 g/mol. The van der Waals surface area contributed by atoms with Crippen LogP contribution in [0.4, 0.5) is 4.79 Å². The van der Waals surface area contributed by atoms with Crippen LogP contribution in [0.2, 0.25) is 0 Å². The number of para-hydroxylation sites is 1. The number of aliphatic hydroxyl groups is 1. The quantitative estimate of drug-likeness (QED) is 0.425. The molecule has 5 heteroatoms. The molecule has 0 radical (unpaired) electrons. The lowest BCUT2D eigenvalue weighted by molar-refractivity contribution is 0.171. The normalized spacial score (nSPS) is 10.2. The smallest absolute Gasteiger partial charge is 0.407 e. The highest BCUT2D eigenvalue weighted by Gasteiger charge is 2.05. The van der Waals surface area contributed by atoms with Gasteiger partial charge in [0, 0.05) is 6.61 Å². The molecule has 0 amide bonds. The van der Waals surface area contributed by atoms with Gasteiger partial charge in [0.25, 0.3) is 0 Å². The Hall–Kier alpha value is -1.20. The lowest BCUT2D eigenvalue weighted by Crippen LogP contribution is -2.01. The van der Waals surface area contributed by atoms with Gasteiger partial charge in [-0.05, 0) is 25.0 Å². The molecule has 0 aliphatic heterocycles. The van der Waals surface area contributed by atoms with E-state index >= 15 is 0 Å². The van der Waals surface area contributed by atoms with Gasteiger partial charge in [-0.3, -0.25) is 0 Å². The molecule has 1 aromatic rings. The van der Waals surface area contributed by atoms with Gasteiger partial charge in [-0.2, -0.15) is 0 Å². The van der Waals surface area contributed by atoms with Crippen LogP contribution in [0.25, 0.3) is 0 Å². The molecule has 1 rings (SSSR count). The highest BCUT2D eigenvalue weighted by molar-refractivity contribution is 8.09. The molecule has 0 atom stereocenters. The third-order valence-corrected chi connectivity index (χ3v) is 3.00. The fourth-order valence-corrected chi connectivity index (χ4v) is 1.89. The molecule has 106 valence electrons. The van der Waals surface area contributed by atoms with Crippen molar-refractivity contribution >= 4 is 17.3 Å². The van der Waals surface area contributed by atoms with E-state index < -0.39 is 5.30 Å². The molecule has 0 spiro atoms. The van der Waals surface area contributed by atoms with E-state index in [2.05, 4.69) is 0 Å². The Morgan fingerprint density at radius 1 is 1.05 bits per heavy atom. The molecule has 0 saturated carbocycles. The van der Waals surface area contributed by atoms with Gasteiger partial charge in [0.2, 0.25) is 0 Å². The Labute approximate surface area is 118 Å². The van der Waals surface area contributed by atoms with Gasteiger partial charge in [0.1, 0.15) is 5.75 Å². The first-order valence-electron chi connectivity index (χ1n) is 6.50. The zero-order valence-electron chi connectivity index (χ0n) is 10.9. The Morgan fingerprint density at radius 3 is 2.47 bits per heavy atom. The predicted molar refractivity (Wildman–Crippen MR) is 76.2 cm³/mol. The number of ether oxygens (including phenoxy) is 1. The molecule has 4 nitrogen and oxygen atoms in total. The van der Waals surface area contributed by atoms with E-state index in [9.17, 15) is 4.79 Å². The molecule has 0 heterocycles. The van der Waals surface area contributed by atoms with Crippen LogP contribution >= 0.6 is 12.0 Å². The number of carbonyl (C=O) groups is 1. The van der Waals surface area contributed by atoms with Crippen molar-refractivity contribution in [1.29, 1.82) is 0 Å². The third-order valence-electron chi connectivity index (χ3n) is 2.47. The Bertz CT molecular complexity index is 343. The predicted octanol–water partition coefficient (Wildman–Crippen LogP) is 3.79. The minimum absolute atomic E-state index is 0.252. The number of hydrogen-bond acceptors (Lipinski definition) is 5. The fourth-order valence-electron chi connectivity index (χ4n) is 1.48. The van der Waals surface area contributed by atoms with E-state index in [-0.39, 0.29) is 6.61 Å². The van der Waals surface area contributed by atoms with Crippen LogP contribution < -0.4 is 4.18 Å². The molecule has 0 bridgehead atoms. The number of benzene rings is 1. The van der Waals surface area contributed by atoms with Crippen LogP contribution in [0.3, 0.4) is 0 Å². The summed E-state index contributed by atoms with van der Waals surface area (Å²) in [5, 5.41) is 8.19. The summed E-state index contributed by atoms with van der Waals surface area (Å²) in [4.78, 5) is 11.3. The largest absolute Gasteiger partial charge is 0.455 e. The van der Waals surface area contributed by atoms with Gasteiger partial charge in [-0.25, -0.2) is 4.79 Å². The van der Waals surface area contributed by atoms with Crippen molar-refractivity contribution in [2.45, 2.75) is 32.1 Å². The number of aliphatic hydroxyl groups excluding tert-OH is 1. The van der Waals surface area contributed by atoms with Gasteiger partial charge in [-0.1, -0.05) is 37.5 Å². The lowest BCUT2D eigenvalue weighted by Gasteiger charge is -2.04. The summed E-state index contributed by atoms with van der Waals surface area (Å²) in [7, 11) is 0. The number of unbranched alkanes of at least 4 members (excludes halogenated alkanes) is 4. The van der Waals surface area contributed by atoms with Crippen molar-refractivity contribution < 1.29 is 18.8 Å². The zero-order valence-corrected chi connectivity index (χ0v) is 11.7. The SMILES string of the molecule is O=C(OCCCCCCCO)SOc1ccccc1. The summed E-state index contributed by atoms with van der Waals surface area (Å²) in [6, 6.07) is 9.12. The van der Waals surface area contributed by atoms with E-state index in [1.165, 1.54) is 0 Å². The first-order chi connectivity index (χ1) is 9.33. The first-order valence-corrected chi connectivity index (χ1v) is 7.24. The van der Waals surface area contributed by atoms with E-state index in [1.807, 2.05) is 18.2 Å². The monoisotopic (exact) mass is 284 g/mol. The molecule has 0 fully saturated rings. The maximum Gasteiger partial charge on any atom is 0.407 e. The fraction of sp³-hybridized carbons (Fsp3) is 0.500. The summed E-state index contributed by atoms with van der Waals surface area (Å²) in [6.45, 7) is 0.672. The van der Waals surface area contributed by atoms with Crippen LogP contribution in [0, 0.1) is 0 Å². The van der Waals surface area contributed by atoms with Gasteiger partial charge in [0.15, 0.2) is 12.0 Å². The van der Waals surface area contributed by atoms with Crippen LogP contribution in [0.15, 0.2) is 30.3 Å². The molecule has 0 aromatic heterocycles. The molecule has 1 N–H and O–H groups in total. The minimum atomic E-state index is -0.417. The summed E-state index contributed by atoms with van der Waals surface area (Å²) in [6.07, 6.45) is 4.79. The van der Waals surface area contributed by atoms with Crippen molar-refractivity contribution in [3.05, 3.63) is 30.3 Å². The van der Waals surface area contributed by atoms with E-state index in [1.54, 1.807) is 12.1 Å². The van der Waals surface area contributed by atoms with Crippen LogP contribution in [0.5, 0.6) is 5.75 Å². The van der Waals surface area contributed by atoms with Gasteiger partial charge < -0.3 is 14.0 Å². The molecule has 1 aromatic carbocycles. The summed E-state index contributed by atoms with van der Waals surface area (Å²) >= 11 is 0.707. The van der Waals surface area contributed by atoms with E-state index in [0.717, 1.165) is 32.1 Å². The number of rotatable bonds is 9. The van der Waals surface area contributed by atoms with Crippen molar-refractivity contribution in [2.24, 2.45) is 0 Å². The first kappa shape index (κ1) is 15.9. The zero-order chi connectivity index (χ0) is 13.8. The molecule has 19 heavy (non-hydrogen) atoms. The minimum Gasteiger partial charge on any atom is -0.455 e. The number of carbonyl (C=O) groups excluding carboxylic acids is 1. The van der Waals surface area contributed by atoms with Crippen molar-refractivity contribution in [3.63, 3.8) is 0 Å². The van der Waals surface area contributed by atoms with Gasteiger partial charge in [-0.15, -0.1) is 0 Å². The highest BCUT2D eigenvalue weighted by Crippen LogP contribution is 2.17. The van der Waals surface area contributed by atoms with Crippen molar-refractivity contribution in [3.8, 4) is 5.75 Å². The van der Waals surface area contributed by atoms with E-state index in [0.29, 0.717) is 24.4 Å². The van der Waals surface area contributed by atoms with Gasteiger partial charge >= 0.3 is 5.30 Å². The lowest BCUT2D eigenvalue weighted by atomic mass is 10.1. The topological polar surface area (TPSA) is 55.8 Å². The maximum atomic E-state index is 11.3. The molecule has 0 saturated heterocycles. The van der Waals surface area contributed by atoms with Crippen LogP contribution in [-0.2, 0) is 4.74 Å². The summed E-state index contributed by atoms with van der Waals surface area (Å²) in [5.41, 5.74) is 0. The van der Waals surface area contributed by atoms with Crippen LogP contribution in [-0.4, -0.2) is 23.6 Å².